The fourth-order valence-electron chi connectivity index (χ4n) is 2.25. The van der Waals surface area contributed by atoms with E-state index in [4.69, 9.17) is 0 Å². The van der Waals surface area contributed by atoms with Crippen molar-refractivity contribution < 1.29 is 4.39 Å². The molecule has 0 saturated heterocycles. The van der Waals surface area contributed by atoms with Crippen molar-refractivity contribution >= 4 is 0 Å². The van der Waals surface area contributed by atoms with E-state index in [1.54, 1.807) is 12.1 Å². The Kier molecular flexibility index (Phi) is 4.70. The van der Waals surface area contributed by atoms with E-state index in [0.717, 1.165) is 18.4 Å². The molecule has 17 heavy (non-hydrogen) atoms. The van der Waals surface area contributed by atoms with E-state index in [9.17, 15) is 4.39 Å². The largest absolute Gasteiger partial charge is 0.316 e. The highest BCUT2D eigenvalue weighted by Gasteiger charge is 2.22. The third kappa shape index (κ3) is 4.12. The predicted octanol–water partition coefficient (Wildman–Crippen LogP) is 3.70. The van der Waals surface area contributed by atoms with Gasteiger partial charge in [0.05, 0.1) is 0 Å². The Bertz CT molecular complexity index is 366. The van der Waals surface area contributed by atoms with Crippen molar-refractivity contribution in [3.8, 4) is 0 Å². The van der Waals surface area contributed by atoms with E-state index in [1.165, 1.54) is 5.56 Å². The highest BCUT2D eigenvalue weighted by Crippen LogP contribution is 2.23. The summed E-state index contributed by atoms with van der Waals surface area (Å²) in [5, 5.41) is 3.37. The zero-order valence-corrected chi connectivity index (χ0v) is 11.6. The SMILES string of the molecule is CNC(CCc1ccc(F)cc1C)C(C)(C)C. The van der Waals surface area contributed by atoms with Gasteiger partial charge in [-0.1, -0.05) is 26.8 Å². The smallest absolute Gasteiger partial charge is 0.123 e. The summed E-state index contributed by atoms with van der Waals surface area (Å²) in [6.07, 6.45) is 2.07. The average molecular weight is 237 g/mol. The second kappa shape index (κ2) is 5.63. The van der Waals surface area contributed by atoms with Crippen molar-refractivity contribution in [3.63, 3.8) is 0 Å². The van der Waals surface area contributed by atoms with Gasteiger partial charge in [0.1, 0.15) is 5.82 Å². The zero-order valence-electron chi connectivity index (χ0n) is 11.6. The molecule has 0 aromatic heterocycles. The first kappa shape index (κ1) is 14.2. The summed E-state index contributed by atoms with van der Waals surface area (Å²) in [4.78, 5) is 0. The summed E-state index contributed by atoms with van der Waals surface area (Å²) >= 11 is 0. The third-order valence-electron chi connectivity index (χ3n) is 3.40. The minimum Gasteiger partial charge on any atom is -0.316 e. The molecule has 0 saturated carbocycles. The molecule has 1 unspecified atom stereocenters. The molecule has 0 aliphatic carbocycles. The lowest BCUT2D eigenvalue weighted by Gasteiger charge is -2.30. The minimum atomic E-state index is -0.146. The van der Waals surface area contributed by atoms with Crippen LogP contribution in [0.5, 0.6) is 0 Å². The molecule has 0 radical (unpaired) electrons. The van der Waals surface area contributed by atoms with Gasteiger partial charge < -0.3 is 5.32 Å². The van der Waals surface area contributed by atoms with Crippen LogP contribution in [0.4, 0.5) is 4.39 Å². The molecule has 96 valence electrons. The molecular weight excluding hydrogens is 213 g/mol. The Morgan fingerprint density at radius 2 is 1.94 bits per heavy atom. The van der Waals surface area contributed by atoms with Crippen molar-refractivity contribution in [1.29, 1.82) is 0 Å². The maximum Gasteiger partial charge on any atom is 0.123 e. The van der Waals surface area contributed by atoms with Gasteiger partial charge in [-0.25, -0.2) is 4.39 Å². The molecule has 2 heteroatoms. The normalized spacial score (nSPS) is 13.8. The standard InChI is InChI=1S/C15H24FN/c1-11-10-13(16)8-6-12(11)7-9-14(17-5)15(2,3)4/h6,8,10,14,17H,7,9H2,1-5H3. The van der Waals surface area contributed by atoms with E-state index < -0.39 is 0 Å². The van der Waals surface area contributed by atoms with Crippen LogP contribution in [0, 0.1) is 18.2 Å². The monoisotopic (exact) mass is 237 g/mol. The molecule has 0 fully saturated rings. The van der Waals surface area contributed by atoms with Gasteiger partial charge in [0.15, 0.2) is 0 Å². The van der Waals surface area contributed by atoms with Crippen molar-refractivity contribution in [3.05, 3.63) is 35.1 Å². The number of halogens is 1. The Morgan fingerprint density at radius 3 is 2.41 bits per heavy atom. The molecule has 1 aromatic carbocycles. The number of hydrogen-bond donors (Lipinski definition) is 1. The molecular formula is C15H24FN. The summed E-state index contributed by atoms with van der Waals surface area (Å²) in [5.41, 5.74) is 2.55. The lowest BCUT2D eigenvalue weighted by Crippen LogP contribution is -2.38. The van der Waals surface area contributed by atoms with Crippen LogP contribution in [0.2, 0.25) is 0 Å². The number of hydrogen-bond acceptors (Lipinski definition) is 1. The van der Waals surface area contributed by atoms with Crippen molar-refractivity contribution in [1.82, 2.24) is 5.32 Å². The quantitative estimate of drug-likeness (QED) is 0.842. The molecule has 1 aromatic rings. The summed E-state index contributed by atoms with van der Waals surface area (Å²) in [6, 6.07) is 5.54. The minimum absolute atomic E-state index is 0.146. The van der Waals surface area contributed by atoms with Crippen LogP contribution in [0.15, 0.2) is 18.2 Å². The average Bonchev–Trinajstić information content (AvgIpc) is 2.19. The molecule has 0 amide bonds. The van der Waals surface area contributed by atoms with Gasteiger partial charge in [0, 0.05) is 6.04 Å². The second-order valence-corrected chi connectivity index (χ2v) is 5.82. The van der Waals surface area contributed by atoms with Crippen LogP contribution in [0.3, 0.4) is 0 Å². The first-order chi connectivity index (χ1) is 7.84. The fourth-order valence-corrected chi connectivity index (χ4v) is 2.25. The molecule has 0 aliphatic rings. The molecule has 1 nitrogen and oxygen atoms in total. The van der Waals surface area contributed by atoms with Gasteiger partial charge in [-0.15, -0.1) is 0 Å². The van der Waals surface area contributed by atoms with E-state index in [2.05, 4.69) is 26.1 Å². The molecule has 0 spiro atoms. The lowest BCUT2D eigenvalue weighted by molar-refractivity contribution is 0.268. The van der Waals surface area contributed by atoms with Crippen LogP contribution in [0.25, 0.3) is 0 Å². The van der Waals surface area contributed by atoms with Gasteiger partial charge >= 0.3 is 0 Å². The van der Waals surface area contributed by atoms with E-state index in [-0.39, 0.29) is 11.2 Å². The van der Waals surface area contributed by atoms with Gasteiger partial charge in [-0.2, -0.15) is 0 Å². The molecule has 1 N–H and O–H groups in total. The van der Waals surface area contributed by atoms with E-state index in [1.807, 2.05) is 20.0 Å². The predicted molar refractivity (Wildman–Crippen MR) is 71.8 cm³/mol. The Morgan fingerprint density at radius 1 is 1.29 bits per heavy atom. The second-order valence-electron chi connectivity index (χ2n) is 5.82. The topological polar surface area (TPSA) is 12.0 Å². The molecule has 1 rings (SSSR count). The number of aryl methyl sites for hydroxylation is 2. The van der Waals surface area contributed by atoms with Crippen molar-refractivity contribution in [2.45, 2.75) is 46.6 Å². The maximum absolute atomic E-state index is 13.0. The van der Waals surface area contributed by atoms with E-state index >= 15 is 0 Å². The number of nitrogens with one attached hydrogen (secondary N) is 1. The first-order valence-corrected chi connectivity index (χ1v) is 6.27. The van der Waals surface area contributed by atoms with E-state index in [0.29, 0.717) is 6.04 Å². The zero-order chi connectivity index (χ0) is 13.1. The Labute approximate surface area is 104 Å². The fraction of sp³-hybridized carbons (Fsp3) is 0.600. The summed E-state index contributed by atoms with van der Waals surface area (Å²) in [5.74, 6) is -0.146. The first-order valence-electron chi connectivity index (χ1n) is 6.27. The molecule has 1 atom stereocenters. The highest BCUT2D eigenvalue weighted by atomic mass is 19.1. The highest BCUT2D eigenvalue weighted by molar-refractivity contribution is 5.26. The van der Waals surface area contributed by atoms with Crippen molar-refractivity contribution in [2.24, 2.45) is 5.41 Å². The molecule has 0 aliphatic heterocycles. The van der Waals surface area contributed by atoms with Crippen LogP contribution in [-0.2, 0) is 6.42 Å². The lowest BCUT2D eigenvalue weighted by atomic mass is 9.83. The molecule has 0 bridgehead atoms. The Balaban J connectivity index is 2.66. The Hall–Kier alpha value is -0.890. The summed E-state index contributed by atoms with van der Waals surface area (Å²) < 4.78 is 13.0. The van der Waals surface area contributed by atoms with Gasteiger partial charge in [0.25, 0.3) is 0 Å². The number of benzene rings is 1. The van der Waals surface area contributed by atoms with Gasteiger partial charge in [-0.05, 0) is 55.5 Å². The van der Waals surface area contributed by atoms with Crippen LogP contribution >= 0.6 is 0 Å². The third-order valence-corrected chi connectivity index (χ3v) is 3.40. The van der Waals surface area contributed by atoms with Crippen LogP contribution in [-0.4, -0.2) is 13.1 Å². The van der Waals surface area contributed by atoms with Crippen molar-refractivity contribution in [2.75, 3.05) is 7.05 Å². The van der Waals surface area contributed by atoms with Gasteiger partial charge in [-0.3, -0.25) is 0 Å². The van der Waals surface area contributed by atoms with Crippen LogP contribution < -0.4 is 5.32 Å². The number of rotatable bonds is 4. The maximum atomic E-state index is 13.0. The summed E-state index contributed by atoms with van der Waals surface area (Å²) in [7, 11) is 2.01. The van der Waals surface area contributed by atoms with Crippen LogP contribution in [0.1, 0.15) is 38.3 Å². The summed E-state index contributed by atoms with van der Waals surface area (Å²) in [6.45, 7) is 8.70. The molecule has 0 heterocycles. The van der Waals surface area contributed by atoms with Gasteiger partial charge in [0.2, 0.25) is 0 Å².